The first-order valence-electron chi connectivity index (χ1n) is 16.1. The number of rotatable bonds is 5. The summed E-state index contributed by atoms with van der Waals surface area (Å²) in [6, 6.07) is 6.15. The zero-order valence-corrected chi connectivity index (χ0v) is 33.9. The number of fused-ring (bicyclic) bond motifs is 6. The number of piperazine rings is 1. The fourth-order valence-electron chi connectivity index (χ4n) is 7.65. The molecule has 1 amide bonds. The van der Waals surface area contributed by atoms with Crippen LogP contribution in [0.4, 0.5) is 19.4 Å². The Morgan fingerprint density at radius 3 is 2.65 bits per heavy atom. The number of carbonyl (C=O) groups is 1. The van der Waals surface area contributed by atoms with E-state index in [1.807, 2.05) is 31.9 Å². The molecule has 3 aliphatic rings. The molecule has 3 aliphatic heterocycles. The summed E-state index contributed by atoms with van der Waals surface area (Å²) in [5, 5.41) is 2.26. The number of methoxy groups -OCH3 is 1. The van der Waals surface area contributed by atoms with E-state index in [9.17, 15) is 4.79 Å². The molecule has 2 fully saturated rings. The van der Waals surface area contributed by atoms with Crippen molar-refractivity contribution < 1.29 is 27.8 Å². The van der Waals surface area contributed by atoms with Gasteiger partial charge in [0.25, 0.3) is 0 Å². The van der Waals surface area contributed by atoms with Crippen LogP contribution < -0.4 is 9.64 Å². The van der Waals surface area contributed by atoms with E-state index in [1.165, 1.54) is 24.9 Å². The van der Waals surface area contributed by atoms with Crippen molar-refractivity contribution in [3.05, 3.63) is 52.0 Å². The Labute approximate surface area is 308 Å². The Bertz CT molecular complexity index is 2080. The zero-order chi connectivity index (χ0) is 34.8. The average molecular weight is 897 g/mol. The summed E-state index contributed by atoms with van der Waals surface area (Å²) in [6.07, 6.45) is 4.35. The van der Waals surface area contributed by atoms with E-state index in [-0.39, 0.29) is 52.7 Å². The van der Waals surface area contributed by atoms with Gasteiger partial charge in [0.05, 0.1) is 6.04 Å². The third kappa shape index (κ3) is 6.00. The molecule has 252 valence electrons. The predicted octanol–water partition coefficient (Wildman–Crippen LogP) is 7.47. The van der Waals surface area contributed by atoms with Gasteiger partial charge in [0.15, 0.2) is 0 Å². The number of benzene rings is 3. The second-order valence-electron chi connectivity index (χ2n) is 13.5. The topological polar surface area (TPSA) is 77.0 Å². The first kappa shape index (κ1) is 34.5. The number of thioether (sulfide) groups is 1. The van der Waals surface area contributed by atoms with Crippen LogP contribution in [-0.4, -0.2) is 97.2 Å². The van der Waals surface area contributed by atoms with Gasteiger partial charge in [-0.2, -0.15) is 0 Å². The van der Waals surface area contributed by atoms with E-state index < -0.39 is 17.2 Å². The van der Waals surface area contributed by atoms with Crippen LogP contribution in [-0.2, 0) is 15.9 Å². The van der Waals surface area contributed by atoms with E-state index in [0.29, 0.717) is 83.6 Å². The molecule has 49 heavy (non-hydrogen) atoms. The van der Waals surface area contributed by atoms with Gasteiger partial charge in [0, 0.05) is 0 Å². The average Bonchev–Trinajstić information content (AvgIpc) is 3.29. The molecule has 4 aromatic rings. The number of halogens is 3. The van der Waals surface area contributed by atoms with Crippen LogP contribution in [0.15, 0.2) is 29.4 Å². The molecule has 8 nitrogen and oxygen atoms in total. The van der Waals surface area contributed by atoms with E-state index in [1.54, 1.807) is 18.2 Å². The summed E-state index contributed by atoms with van der Waals surface area (Å²) in [5.41, 5.74) is 0.888. The second kappa shape index (κ2) is 13.3. The van der Waals surface area contributed by atoms with Gasteiger partial charge in [0.1, 0.15) is 5.60 Å². The van der Waals surface area contributed by atoms with Gasteiger partial charge in [-0.05, 0) is 33.6 Å². The summed E-state index contributed by atoms with van der Waals surface area (Å²) in [5.74, 6) is 2.86. The normalized spacial score (nSPS) is 19.8. The Kier molecular flexibility index (Phi) is 9.38. The number of aromatic nitrogens is 2. The SMILES string of the molecule is COCOc1cc(-c2c(Cl)c3c4c(nc(SC)nc4c2F)N2C[C@H]4CC[C@@H]([C@H]2CC3)N4C(=O)OC(C)(C)C)c2c(C#[C][Tl])c(F)ccc2c1. The standard InChI is InChI=1S/C36H34ClF2N4O4S.Tl/c1-7-21-24(38)11-8-18-14-20(46-17-45-5)15-23(27(18)21)28-30(37)22-10-13-25-26-12-9-19(43(26)35(44)47-36(2,3)4)16-42(25)33-29(22)32(31(28)39)40-34(41-33)48-6;/h8,11,14-15,19,25-26H,9-10,12-13,16-17H2,2-6H3;/t19-,25-,26+;/m1./s1. The molecule has 0 spiro atoms. The summed E-state index contributed by atoms with van der Waals surface area (Å²) in [6.45, 7) is 6.12. The molecule has 4 heterocycles. The Balaban J connectivity index is 1.46. The van der Waals surface area contributed by atoms with Crippen LogP contribution >= 0.6 is 23.4 Å². The molecule has 3 aromatic carbocycles. The van der Waals surface area contributed by atoms with Crippen LogP contribution in [0.5, 0.6) is 5.75 Å². The zero-order valence-electron chi connectivity index (χ0n) is 27.8. The molecule has 7 rings (SSSR count). The molecule has 2 bridgehead atoms. The van der Waals surface area contributed by atoms with E-state index in [4.69, 9.17) is 35.8 Å². The Morgan fingerprint density at radius 2 is 1.94 bits per heavy atom. The van der Waals surface area contributed by atoms with Crippen molar-refractivity contribution in [1.82, 2.24) is 14.9 Å². The second-order valence-corrected chi connectivity index (χ2v) is 15.8. The van der Waals surface area contributed by atoms with Gasteiger partial charge >= 0.3 is 251 Å². The number of hydrogen-bond donors (Lipinski definition) is 0. The van der Waals surface area contributed by atoms with Crippen LogP contribution in [0.2, 0.25) is 5.02 Å². The molecule has 0 unspecified atom stereocenters. The van der Waals surface area contributed by atoms with Crippen molar-refractivity contribution in [3.8, 4) is 26.3 Å². The van der Waals surface area contributed by atoms with Gasteiger partial charge in [-0.25, -0.2) is 4.79 Å². The Hall–Kier alpha value is -2.93. The minimum absolute atomic E-state index is 0.0347. The number of anilines is 1. The first-order valence-corrected chi connectivity index (χ1v) is 19.9. The maximum atomic E-state index is 17.4. The number of carbonyl (C=O) groups excluding carboxylic acids is 1. The van der Waals surface area contributed by atoms with Crippen molar-refractivity contribution in [3.63, 3.8) is 0 Å². The van der Waals surface area contributed by atoms with E-state index >= 15 is 8.78 Å². The molecule has 13 heteroatoms. The van der Waals surface area contributed by atoms with Gasteiger partial charge in [-0.15, -0.1) is 0 Å². The molecule has 0 saturated carbocycles. The van der Waals surface area contributed by atoms with Crippen LogP contribution in [0.1, 0.15) is 51.2 Å². The molecular weight excluding hydrogens is 862 g/mol. The van der Waals surface area contributed by atoms with Crippen LogP contribution in [0.3, 0.4) is 0 Å². The van der Waals surface area contributed by atoms with Crippen molar-refractivity contribution in [1.29, 1.82) is 0 Å². The van der Waals surface area contributed by atoms with Crippen LogP contribution in [0, 0.1) is 21.0 Å². The first-order chi connectivity index (χ1) is 23.4. The Morgan fingerprint density at radius 1 is 1.14 bits per heavy atom. The molecule has 3 atom stereocenters. The van der Waals surface area contributed by atoms with Gasteiger partial charge in [0.2, 0.25) is 0 Å². The van der Waals surface area contributed by atoms with Crippen LogP contribution in [0.25, 0.3) is 32.8 Å². The van der Waals surface area contributed by atoms with Crippen molar-refractivity contribution >= 4 is 82.7 Å². The molecule has 0 N–H and O–H groups in total. The van der Waals surface area contributed by atoms with Gasteiger partial charge in [-0.1, -0.05) is 0 Å². The monoisotopic (exact) mass is 896 g/mol. The predicted molar refractivity (Wildman–Crippen MR) is 189 cm³/mol. The van der Waals surface area contributed by atoms with E-state index in [0.717, 1.165) is 18.4 Å². The maximum absolute atomic E-state index is 17.4. The molecule has 2 saturated heterocycles. The fourth-order valence-corrected chi connectivity index (χ4v) is 8.94. The van der Waals surface area contributed by atoms with Crippen molar-refractivity contribution in [2.75, 3.05) is 31.6 Å². The van der Waals surface area contributed by atoms with Crippen molar-refractivity contribution in [2.24, 2.45) is 0 Å². The molecule has 1 aromatic heterocycles. The number of amides is 1. The number of hydrogen-bond acceptors (Lipinski definition) is 8. The molecular formula is C36H34ClF2N4O4STl. The minimum atomic E-state index is -0.627. The number of nitrogens with zero attached hydrogens (tertiary/aromatic N) is 4. The third-order valence-electron chi connectivity index (χ3n) is 9.48. The van der Waals surface area contributed by atoms with Crippen molar-refractivity contribution in [2.45, 2.75) is 75.3 Å². The van der Waals surface area contributed by atoms with Gasteiger partial charge < -0.3 is 4.74 Å². The number of aryl methyl sites for hydroxylation is 1. The summed E-state index contributed by atoms with van der Waals surface area (Å²) in [4.78, 5) is 27.3. The summed E-state index contributed by atoms with van der Waals surface area (Å²) >= 11 is 8.98. The van der Waals surface area contributed by atoms with E-state index in [2.05, 4.69) is 14.3 Å². The quantitative estimate of drug-likeness (QED) is 0.0673. The molecule has 0 radical (unpaired) electrons. The fraction of sp³-hybridized carbons (Fsp3) is 0.417. The number of ether oxygens (including phenoxy) is 3. The van der Waals surface area contributed by atoms with Gasteiger partial charge in [-0.3, -0.25) is 4.90 Å². The molecule has 0 aliphatic carbocycles. The summed E-state index contributed by atoms with van der Waals surface area (Å²) in [7, 11) is 1.51. The third-order valence-corrected chi connectivity index (χ3v) is 11.0. The summed E-state index contributed by atoms with van der Waals surface area (Å²) < 4.78 is 52.6.